The van der Waals surface area contributed by atoms with Crippen molar-refractivity contribution in [2.24, 2.45) is 0 Å². The molecule has 2 rings (SSSR count). The van der Waals surface area contributed by atoms with E-state index in [0.717, 1.165) is 5.56 Å². The largest absolute Gasteiger partial charge is 0.494 e. The number of hydrogen-bond donors (Lipinski definition) is 1. The summed E-state index contributed by atoms with van der Waals surface area (Å²) in [6.07, 6.45) is 3.19. The Hall–Kier alpha value is -1.81. The zero-order chi connectivity index (χ0) is 11.5. The molecule has 0 aliphatic heterocycles. The lowest BCUT2D eigenvalue weighted by Gasteiger charge is -2.07. The van der Waals surface area contributed by atoms with E-state index in [1.807, 2.05) is 6.07 Å². The standard InChI is InChI=1S/C11H10ClN3O/c1-16-9-5-8(12)6-15-11(9)7-2-3-14-10(13)4-7/h2-6H,1H3,(H2,13,14). The predicted octanol–water partition coefficient (Wildman–Crippen LogP) is 2.39. The lowest BCUT2D eigenvalue weighted by Crippen LogP contribution is -1.94. The Kier molecular flexibility index (Phi) is 2.92. The van der Waals surface area contributed by atoms with Gasteiger partial charge >= 0.3 is 0 Å². The van der Waals surface area contributed by atoms with Crippen LogP contribution in [0.4, 0.5) is 5.82 Å². The van der Waals surface area contributed by atoms with Crippen molar-refractivity contribution in [2.45, 2.75) is 0 Å². The second-order valence-electron chi connectivity index (χ2n) is 3.17. The van der Waals surface area contributed by atoms with E-state index in [4.69, 9.17) is 22.1 Å². The molecule has 82 valence electrons. The molecular weight excluding hydrogens is 226 g/mol. The van der Waals surface area contributed by atoms with Crippen molar-refractivity contribution in [1.82, 2.24) is 9.97 Å². The molecule has 0 saturated carbocycles. The quantitative estimate of drug-likeness (QED) is 0.868. The fraction of sp³-hybridized carbons (Fsp3) is 0.0909. The molecule has 16 heavy (non-hydrogen) atoms. The highest BCUT2D eigenvalue weighted by atomic mass is 35.5. The first-order valence-electron chi connectivity index (χ1n) is 4.62. The first-order valence-corrected chi connectivity index (χ1v) is 5.00. The van der Waals surface area contributed by atoms with Crippen LogP contribution in [0, 0.1) is 0 Å². The molecule has 0 aliphatic carbocycles. The highest BCUT2D eigenvalue weighted by molar-refractivity contribution is 6.30. The number of nitrogens with two attached hydrogens (primary N) is 1. The fourth-order valence-electron chi connectivity index (χ4n) is 1.39. The van der Waals surface area contributed by atoms with Crippen molar-refractivity contribution in [1.29, 1.82) is 0 Å². The number of aromatic nitrogens is 2. The Bertz CT molecular complexity index is 516. The van der Waals surface area contributed by atoms with Crippen molar-refractivity contribution in [2.75, 3.05) is 12.8 Å². The number of halogens is 1. The van der Waals surface area contributed by atoms with Crippen LogP contribution < -0.4 is 10.5 Å². The molecule has 2 aromatic rings. The maximum absolute atomic E-state index is 5.83. The summed E-state index contributed by atoms with van der Waals surface area (Å²) in [5.41, 5.74) is 7.16. The fourth-order valence-corrected chi connectivity index (χ4v) is 1.54. The minimum absolute atomic E-state index is 0.441. The van der Waals surface area contributed by atoms with Crippen LogP contribution >= 0.6 is 11.6 Å². The Morgan fingerprint density at radius 2 is 2.12 bits per heavy atom. The van der Waals surface area contributed by atoms with Gasteiger partial charge < -0.3 is 10.5 Å². The van der Waals surface area contributed by atoms with Crippen molar-refractivity contribution in [3.63, 3.8) is 0 Å². The third-order valence-electron chi connectivity index (χ3n) is 2.09. The molecule has 0 amide bonds. The molecular formula is C11H10ClN3O. The number of ether oxygens (including phenoxy) is 1. The van der Waals surface area contributed by atoms with Gasteiger partial charge in [-0.05, 0) is 12.1 Å². The normalized spacial score (nSPS) is 10.1. The smallest absolute Gasteiger partial charge is 0.146 e. The monoisotopic (exact) mass is 235 g/mol. The maximum atomic E-state index is 5.83. The molecule has 0 aromatic carbocycles. The Morgan fingerprint density at radius 3 is 2.81 bits per heavy atom. The number of rotatable bonds is 2. The highest BCUT2D eigenvalue weighted by Crippen LogP contribution is 2.30. The molecule has 0 radical (unpaired) electrons. The Labute approximate surface area is 98.0 Å². The molecule has 0 unspecified atom stereocenters. The topological polar surface area (TPSA) is 61.0 Å². The lowest BCUT2D eigenvalue weighted by atomic mass is 10.1. The van der Waals surface area contributed by atoms with E-state index in [1.54, 1.807) is 31.6 Å². The SMILES string of the molecule is COc1cc(Cl)cnc1-c1ccnc(N)c1. The number of anilines is 1. The van der Waals surface area contributed by atoms with Crippen LogP contribution in [0.25, 0.3) is 11.3 Å². The Balaban J connectivity index is 2.55. The third kappa shape index (κ3) is 2.06. The van der Waals surface area contributed by atoms with Gasteiger partial charge in [-0.25, -0.2) is 4.98 Å². The zero-order valence-electron chi connectivity index (χ0n) is 8.64. The van der Waals surface area contributed by atoms with Crippen molar-refractivity contribution < 1.29 is 4.74 Å². The summed E-state index contributed by atoms with van der Waals surface area (Å²) < 4.78 is 5.21. The van der Waals surface area contributed by atoms with Gasteiger partial charge in [-0.1, -0.05) is 11.6 Å². The van der Waals surface area contributed by atoms with Crippen molar-refractivity contribution in [3.05, 3.63) is 35.6 Å². The van der Waals surface area contributed by atoms with Gasteiger partial charge in [0.15, 0.2) is 0 Å². The van der Waals surface area contributed by atoms with Gasteiger partial charge in [0.1, 0.15) is 17.3 Å². The van der Waals surface area contributed by atoms with Crippen LogP contribution in [0.2, 0.25) is 5.02 Å². The predicted molar refractivity (Wildman–Crippen MR) is 63.4 cm³/mol. The molecule has 0 atom stereocenters. The summed E-state index contributed by atoms with van der Waals surface area (Å²) in [6, 6.07) is 5.26. The van der Waals surface area contributed by atoms with E-state index in [-0.39, 0.29) is 0 Å². The Morgan fingerprint density at radius 1 is 1.31 bits per heavy atom. The molecule has 0 bridgehead atoms. The third-order valence-corrected chi connectivity index (χ3v) is 2.30. The molecule has 0 saturated heterocycles. The summed E-state index contributed by atoms with van der Waals surface area (Å²) in [5.74, 6) is 1.05. The second-order valence-corrected chi connectivity index (χ2v) is 3.61. The average Bonchev–Trinajstić information content (AvgIpc) is 2.28. The number of methoxy groups -OCH3 is 1. The number of nitrogen functional groups attached to an aromatic ring is 1. The molecule has 0 aliphatic rings. The van der Waals surface area contributed by atoms with E-state index in [9.17, 15) is 0 Å². The summed E-state index contributed by atoms with van der Waals surface area (Å²) >= 11 is 5.83. The van der Waals surface area contributed by atoms with Gasteiger partial charge in [-0.2, -0.15) is 0 Å². The lowest BCUT2D eigenvalue weighted by molar-refractivity contribution is 0.415. The zero-order valence-corrected chi connectivity index (χ0v) is 9.40. The van der Waals surface area contributed by atoms with Crippen molar-refractivity contribution in [3.8, 4) is 17.0 Å². The van der Waals surface area contributed by atoms with E-state index in [2.05, 4.69) is 9.97 Å². The minimum atomic E-state index is 0.441. The van der Waals surface area contributed by atoms with Gasteiger partial charge in [0, 0.05) is 24.0 Å². The number of pyridine rings is 2. The molecule has 2 N–H and O–H groups in total. The molecule has 0 fully saturated rings. The molecule has 2 heterocycles. The summed E-state index contributed by atoms with van der Waals surface area (Å²) in [4.78, 5) is 8.14. The van der Waals surface area contributed by atoms with Crippen LogP contribution in [-0.4, -0.2) is 17.1 Å². The van der Waals surface area contributed by atoms with Crippen LogP contribution in [-0.2, 0) is 0 Å². The second kappa shape index (κ2) is 4.37. The summed E-state index contributed by atoms with van der Waals surface area (Å²) in [6.45, 7) is 0. The summed E-state index contributed by atoms with van der Waals surface area (Å²) in [7, 11) is 1.57. The molecule has 4 nitrogen and oxygen atoms in total. The van der Waals surface area contributed by atoms with Gasteiger partial charge in [0.2, 0.25) is 0 Å². The van der Waals surface area contributed by atoms with E-state index in [0.29, 0.717) is 22.3 Å². The van der Waals surface area contributed by atoms with Gasteiger partial charge in [-0.3, -0.25) is 4.98 Å². The molecule has 2 aromatic heterocycles. The number of nitrogens with zero attached hydrogens (tertiary/aromatic N) is 2. The molecule has 5 heteroatoms. The maximum Gasteiger partial charge on any atom is 0.146 e. The van der Waals surface area contributed by atoms with Crippen molar-refractivity contribution >= 4 is 17.4 Å². The van der Waals surface area contributed by atoms with Gasteiger partial charge in [-0.15, -0.1) is 0 Å². The van der Waals surface area contributed by atoms with E-state index in [1.165, 1.54) is 0 Å². The first-order chi connectivity index (χ1) is 7.70. The van der Waals surface area contributed by atoms with Crippen LogP contribution in [0.1, 0.15) is 0 Å². The van der Waals surface area contributed by atoms with E-state index >= 15 is 0 Å². The average molecular weight is 236 g/mol. The van der Waals surface area contributed by atoms with E-state index < -0.39 is 0 Å². The van der Waals surface area contributed by atoms with Gasteiger partial charge in [0.05, 0.1) is 12.1 Å². The first kappa shape index (κ1) is 10.7. The van der Waals surface area contributed by atoms with Gasteiger partial charge in [0.25, 0.3) is 0 Å². The van der Waals surface area contributed by atoms with Crippen LogP contribution in [0.15, 0.2) is 30.6 Å². The summed E-state index contributed by atoms with van der Waals surface area (Å²) in [5, 5.41) is 0.530. The molecule has 0 spiro atoms. The number of hydrogen-bond acceptors (Lipinski definition) is 4. The van der Waals surface area contributed by atoms with Crippen LogP contribution in [0.5, 0.6) is 5.75 Å². The highest BCUT2D eigenvalue weighted by Gasteiger charge is 2.08. The minimum Gasteiger partial charge on any atom is -0.494 e. The van der Waals surface area contributed by atoms with Crippen LogP contribution in [0.3, 0.4) is 0 Å².